The summed E-state index contributed by atoms with van der Waals surface area (Å²) in [5.41, 5.74) is -0.842. The van der Waals surface area contributed by atoms with Gasteiger partial charge in [0.2, 0.25) is 11.8 Å². The van der Waals surface area contributed by atoms with Crippen molar-refractivity contribution in [3.05, 3.63) is 22.8 Å². The molecule has 1 saturated heterocycles. The van der Waals surface area contributed by atoms with Gasteiger partial charge >= 0.3 is 6.18 Å². The van der Waals surface area contributed by atoms with Gasteiger partial charge in [0.15, 0.2) is 0 Å². The Morgan fingerprint density at radius 2 is 2.00 bits per heavy atom. The average Bonchev–Trinajstić information content (AvgIpc) is 2.65. The average molecular weight is 422 g/mol. The molecule has 0 bridgehead atoms. The minimum Gasteiger partial charge on any atom is -0.354 e. The number of amides is 2. The number of carbonyl (C=O) groups is 2. The molecule has 0 spiro atoms. The molecule has 28 heavy (non-hydrogen) atoms. The number of H-pyrrole nitrogens is 1. The standard InChI is InChI=1S/C18H24ClF3N4O2/c1-3-6-23-16(27)11(2)25-17(28)12-4-7-26(8-5-12)15-14(19)9-13(10-24-15)18(20,21)22/h9-12H,3-8H2,1-2H3,(H,23,27)(H,25,28)/p+1/t11-/m1/s1. The number of nitrogens with zero attached hydrogens (tertiary/aromatic N) is 1. The van der Waals surface area contributed by atoms with E-state index < -0.39 is 17.8 Å². The van der Waals surface area contributed by atoms with E-state index in [2.05, 4.69) is 15.6 Å². The summed E-state index contributed by atoms with van der Waals surface area (Å²) in [4.78, 5) is 28.7. The first kappa shape index (κ1) is 22.3. The molecule has 1 fully saturated rings. The monoisotopic (exact) mass is 421 g/mol. The third-order valence-electron chi connectivity index (χ3n) is 4.68. The fourth-order valence-corrected chi connectivity index (χ4v) is 3.32. The Hall–Kier alpha value is -2.03. The summed E-state index contributed by atoms with van der Waals surface area (Å²) >= 11 is 6.02. The van der Waals surface area contributed by atoms with E-state index >= 15 is 0 Å². The van der Waals surface area contributed by atoms with Gasteiger partial charge in [-0.1, -0.05) is 18.5 Å². The summed E-state index contributed by atoms with van der Waals surface area (Å²) in [6, 6.07) is 0.276. The van der Waals surface area contributed by atoms with Gasteiger partial charge in [0, 0.05) is 12.5 Å². The van der Waals surface area contributed by atoms with Crippen LogP contribution in [0.25, 0.3) is 0 Å². The van der Waals surface area contributed by atoms with Crippen LogP contribution in [0, 0.1) is 5.92 Å². The SMILES string of the molecule is CCCNC(=O)[C@@H](C)NC(=O)C1CCN(c2[nH+]cc(C(F)(F)F)cc2Cl)CC1. The molecular weight excluding hydrogens is 397 g/mol. The van der Waals surface area contributed by atoms with E-state index in [4.69, 9.17) is 11.6 Å². The van der Waals surface area contributed by atoms with E-state index in [9.17, 15) is 22.8 Å². The summed E-state index contributed by atoms with van der Waals surface area (Å²) in [6.45, 7) is 5.07. The van der Waals surface area contributed by atoms with Crippen LogP contribution in [0.4, 0.5) is 19.0 Å². The maximum absolute atomic E-state index is 12.7. The zero-order valence-electron chi connectivity index (χ0n) is 15.8. The maximum Gasteiger partial charge on any atom is 0.419 e. The quantitative estimate of drug-likeness (QED) is 0.740. The van der Waals surface area contributed by atoms with Crippen LogP contribution in [-0.4, -0.2) is 37.5 Å². The van der Waals surface area contributed by atoms with Crippen molar-refractivity contribution in [2.24, 2.45) is 5.92 Å². The van der Waals surface area contributed by atoms with Crippen LogP contribution < -0.4 is 20.5 Å². The molecule has 1 aliphatic heterocycles. The lowest BCUT2D eigenvalue weighted by Gasteiger charge is -2.28. The summed E-state index contributed by atoms with van der Waals surface area (Å²) in [7, 11) is 0. The minimum absolute atomic E-state index is 0.0149. The second-order valence-corrected chi connectivity index (χ2v) is 7.27. The van der Waals surface area contributed by atoms with E-state index in [-0.39, 0.29) is 22.8 Å². The number of alkyl halides is 3. The molecule has 2 amide bonds. The lowest BCUT2D eigenvalue weighted by atomic mass is 9.95. The molecule has 0 saturated carbocycles. The Kier molecular flexibility index (Phi) is 7.51. The van der Waals surface area contributed by atoms with Crippen LogP contribution in [0.15, 0.2) is 12.3 Å². The molecular formula is C18H25ClF3N4O2+. The van der Waals surface area contributed by atoms with Crippen molar-refractivity contribution in [3.8, 4) is 0 Å². The van der Waals surface area contributed by atoms with Crippen molar-refractivity contribution in [2.75, 3.05) is 24.5 Å². The van der Waals surface area contributed by atoms with Crippen LogP contribution in [0.1, 0.15) is 38.7 Å². The number of piperidine rings is 1. The van der Waals surface area contributed by atoms with Crippen LogP contribution in [0.2, 0.25) is 5.02 Å². The molecule has 3 N–H and O–H groups in total. The van der Waals surface area contributed by atoms with E-state index in [0.717, 1.165) is 18.7 Å². The maximum atomic E-state index is 12.7. The zero-order chi connectivity index (χ0) is 20.9. The Labute approximate surface area is 166 Å². The molecule has 1 aromatic rings. The highest BCUT2D eigenvalue weighted by Crippen LogP contribution is 2.33. The topological polar surface area (TPSA) is 75.6 Å². The molecule has 0 unspecified atom stereocenters. The van der Waals surface area contributed by atoms with Crippen LogP contribution in [0.3, 0.4) is 0 Å². The molecule has 2 rings (SSSR count). The lowest BCUT2D eigenvalue weighted by Crippen LogP contribution is -2.49. The highest BCUT2D eigenvalue weighted by molar-refractivity contribution is 6.32. The minimum atomic E-state index is -4.47. The number of halogens is 4. The number of aromatic nitrogens is 1. The molecule has 1 aromatic heterocycles. The fraction of sp³-hybridized carbons (Fsp3) is 0.611. The first-order valence-electron chi connectivity index (χ1n) is 9.25. The number of hydrogen-bond acceptors (Lipinski definition) is 3. The lowest BCUT2D eigenvalue weighted by molar-refractivity contribution is -0.367. The summed E-state index contributed by atoms with van der Waals surface area (Å²) in [5, 5.41) is 5.43. The Morgan fingerprint density at radius 3 is 2.54 bits per heavy atom. The molecule has 0 aliphatic carbocycles. The summed E-state index contributed by atoms with van der Waals surface area (Å²) in [6.07, 6.45) is -1.74. The van der Waals surface area contributed by atoms with Gasteiger partial charge in [-0.2, -0.15) is 13.2 Å². The molecule has 156 valence electrons. The molecule has 0 aromatic carbocycles. The largest absolute Gasteiger partial charge is 0.419 e. The second-order valence-electron chi connectivity index (χ2n) is 6.87. The first-order valence-corrected chi connectivity index (χ1v) is 9.62. The molecule has 10 heteroatoms. The second kappa shape index (κ2) is 9.45. The smallest absolute Gasteiger partial charge is 0.354 e. The number of carbonyl (C=O) groups excluding carboxylic acids is 2. The fourth-order valence-electron chi connectivity index (χ4n) is 3.03. The Bertz CT molecular complexity index is 707. The van der Waals surface area contributed by atoms with Gasteiger partial charge in [-0.25, -0.2) is 4.98 Å². The normalized spacial score (nSPS) is 16.6. The zero-order valence-corrected chi connectivity index (χ0v) is 16.6. The first-order chi connectivity index (χ1) is 13.1. The van der Waals surface area contributed by atoms with Crippen LogP contribution >= 0.6 is 11.6 Å². The summed E-state index contributed by atoms with van der Waals surface area (Å²) in [5.74, 6) is -0.271. The van der Waals surface area contributed by atoms with Gasteiger partial charge in [-0.15, -0.1) is 0 Å². The third-order valence-corrected chi connectivity index (χ3v) is 4.97. The molecule has 2 heterocycles. The van der Waals surface area contributed by atoms with E-state index in [0.29, 0.717) is 38.3 Å². The Morgan fingerprint density at radius 1 is 1.36 bits per heavy atom. The highest BCUT2D eigenvalue weighted by Gasteiger charge is 2.35. The number of anilines is 1. The van der Waals surface area contributed by atoms with Gasteiger partial charge in [0.1, 0.15) is 17.3 Å². The number of pyridine rings is 1. The van der Waals surface area contributed by atoms with Gasteiger partial charge in [-0.3, -0.25) is 14.5 Å². The molecule has 1 aliphatic rings. The van der Waals surface area contributed by atoms with Crippen LogP contribution in [0.5, 0.6) is 0 Å². The van der Waals surface area contributed by atoms with Crippen molar-refractivity contribution in [2.45, 2.75) is 45.3 Å². The predicted octanol–water partition coefficient (Wildman–Crippen LogP) is 2.42. The van der Waals surface area contributed by atoms with Crippen molar-refractivity contribution in [3.63, 3.8) is 0 Å². The number of nitrogens with one attached hydrogen (secondary N) is 3. The number of rotatable bonds is 6. The van der Waals surface area contributed by atoms with Gasteiger partial charge in [-0.05, 0) is 32.3 Å². The van der Waals surface area contributed by atoms with Gasteiger partial charge < -0.3 is 10.6 Å². The van der Waals surface area contributed by atoms with Gasteiger partial charge in [0.25, 0.3) is 5.82 Å². The molecule has 6 nitrogen and oxygen atoms in total. The van der Waals surface area contributed by atoms with Crippen molar-refractivity contribution in [1.82, 2.24) is 10.6 Å². The van der Waals surface area contributed by atoms with E-state index in [1.807, 2.05) is 11.8 Å². The van der Waals surface area contributed by atoms with Crippen molar-refractivity contribution < 1.29 is 27.7 Å². The van der Waals surface area contributed by atoms with E-state index in [1.165, 1.54) is 0 Å². The Balaban J connectivity index is 1.90. The molecule has 1 atom stereocenters. The van der Waals surface area contributed by atoms with Gasteiger partial charge in [0.05, 0.1) is 18.7 Å². The molecule has 0 radical (unpaired) electrons. The van der Waals surface area contributed by atoms with E-state index in [1.54, 1.807) is 6.92 Å². The van der Waals surface area contributed by atoms with Crippen molar-refractivity contribution in [1.29, 1.82) is 0 Å². The predicted molar refractivity (Wildman–Crippen MR) is 98.9 cm³/mol. The number of aromatic amines is 1. The van der Waals surface area contributed by atoms with Crippen molar-refractivity contribution >= 4 is 29.2 Å². The highest BCUT2D eigenvalue weighted by atomic mass is 35.5. The number of hydrogen-bond donors (Lipinski definition) is 2. The summed E-state index contributed by atoms with van der Waals surface area (Å²) < 4.78 is 38.2. The van der Waals surface area contributed by atoms with Crippen LogP contribution in [-0.2, 0) is 15.8 Å². The third kappa shape index (κ3) is 5.73.